The summed E-state index contributed by atoms with van der Waals surface area (Å²) in [5.41, 5.74) is 7.16. The molecule has 1 aromatic heterocycles. The van der Waals surface area contributed by atoms with Crippen molar-refractivity contribution < 1.29 is 31.9 Å². The maximum atomic E-state index is 15.2. The molecule has 34 heavy (non-hydrogen) atoms. The molecule has 0 amide bonds. The summed E-state index contributed by atoms with van der Waals surface area (Å²) in [6.07, 6.45) is 1.19. The van der Waals surface area contributed by atoms with E-state index in [1.807, 2.05) is 0 Å². The van der Waals surface area contributed by atoms with Gasteiger partial charge in [-0.1, -0.05) is 24.3 Å². The monoisotopic (exact) mass is 469 g/mol. The van der Waals surface area contributed by atoms with E-state index in [1.165, 1.54) is 30.5 Å². The van der Waals surface area contributed by atoms with Gasteiger partial charge in [0.25, 0.3) is 0 Å². The Morgan fingerprint density at radius 1 is 0.971 bits per heavy atom. The average molecular weight is 469 g/mol. The molecule has 0 aliphatic carbocycles. The molecule has 5 nitrogen and oxygen atoms in total. The Balaban J connectivity index is 1.72. The van der Waals surface area contributed by atoms with Gasteiger partial charge in [0.05, 0.1) is 24.7 Å². The fourth-order valence-corrected chi connectivity index (χ4v) is 3.75. The van der Waals surface area contributed by atoms with E-state index in [2.05, 4.69) is 0 Å². The van der Waals surface area contributed by atoms with E-state index in [0.717, 1.165) is 6.07 Å². The number of furan rings is 1. The lowest BCUT2D eigenvalue weighted by molar-refractivity contribution is -0.142. The number of benzene rings is 3. The lowest BCUT2D eigenvalue weighted by Gasteiger charge is -2.14. The molecular weight excluding hydrogens is 447 g/mol. The van der Waals surface area contributed by atoms with E-state index < -0.39 is 23.4 Å². The van der Waals surface area contributed by atoms with Crippen LogP contribution in [0.3, 0.4) is 0 Å². The van der Waals surface area contributed by atoms with E-state index in [-0.39, 0.29) is 54.0 Å². The second kappa shape index (κ2) is 10.0. The summed E-state index contributed by atoms with van der Waals surface area (Å²) in [5, 5.41) is 0.152. The first-order valence-corrected chi connectivity index (χ1v) is 10.7. The molecule has 4 aromatic rings. The summed E-state index contributed by atoms with van der Waals surface area (Å²) in [7, 11) is 0. The van der Waals surface area contributed by atoms with E-state index in [4.69, 9.17) is 19.6 Å². The Kier molecular flexibility index (Phi) is 6.88. The number of ether oxygens (including phenoxy) is 2. The Hall–Kier alpha value is -3.78. The molecule has 0 fully saturated rings. The van der Waals surface area contributed by atoms with Gasteiger partial charge in [0.15, 0.2) is 0 Å². The quantitative estimate of drug-likeness (QED) is 0.337. The van der Waals surface area contributed by atoms with Crippen LogP contribution in [0.25, 0.3) is 22.1 Å². The Labute approximate surface area is 193 Å². The summed E-state index contributed by atoms with van der Waals surface area (Å²) in [5.74, 6) is -2.12. The largest absolute Gasteiger partial charge is 0.488 e. The molecular formula is C26H22F3NO4. The van der Waals surface area contributed by atoms with Crippen molar-refractivity contribution >= 4 is 16.9 Å². The molecule has 0 spiro atoms. The zero-order chi connectivity index (χ0) is 24.2. The van der Waals surface area contributed by atoms with Gasteiger partial charge >= 0.3 is 5.97 Å². The summed E-state index contributed by atoms with van der Waals surface area (Å²) < 4.78 is 60.3. The molecule has 0 unspecified atom stereocenters. The molecule has 0 radical (unpaired) electrons. The number of rotatable bonds is 8. The van der Waals surface area contributed by atoms with Gasteiger partial charge in [0.2, 0.25) is 0 Å². The number of hydrogen-bond acceptors (Lipinski definition) is 5. The second-order valence-electron chi connectivity index (χ2n) is 7.57. The fraction of sp³-hybridized carbons (Fsp3) is 0.192. The molecule has 2 N–H and O–H groups in total. The Bertz CT molecular complexity index is 1350. The summed E-state index contributed by atoms with van der Waals surface area (Å²) in [6.45, 7) is 1.59. The number of hydrogen-bond donors (Lipinski definition) is 1. The van der Waals surface area contributed by atoms with E-state index >= 15 is 8.78 Å². The van der Waals surface area contributed by atoms with Crippen molar-refractivity contribution in [1.29, 1.82) is 0 Å². The fourth-order valence-electron chi connectivity index (χ4n) is 3.75. The number of halogens is 3. The van der Waals surface area contributed by atoms with Crippen LogP contribution >= 0.6 is 0 Å². The minimum atomic E-state index is -0.605. The molecule has 1 heterocycles. The van der Waals surface area contributed by atoms with E-state index in [9.17, 15) is 9.18 Å². The maximum Gasteiger partial charge on any atom is 0.310 e. The molecule has 0 bridgehead atoms. The van der Waals surface area contributed by atoms with Crippen LogP contribution < -0.4 is 10.5 Å². The van der Waals surface area contributed by atoms with Crippen LogP contribution in [0.4, 0.5) is 13.2 Å². The van der Waals surface area contributed by atoms with Crippen molar-refractivity contribution in [3.8, 4) is 16.9 Å². The van der Waals surface area contributed by atoms with Gasteiger partial charge in [-0.25, -0.2) is 13.2 Å². The zero-order valence-electron chi connectivity index (χ0n) is 18.4. The van der Waals surface area contributed by atoms with Crippen LogP contribution in [-0.4, -0.2) is 12.6 Å². The number of esters is 1. The van der Waals surface area contributed by atoms with Crippen molar-refractivity contribution in [2.75, 3.05) is 6.61 Å². The first kappa shape index (κ1) is 23.4. The second-order valence-corrected chi connectivity index (χ2v) is 7.57. The van der Waals surface area contributed by atoms with E-state index in [0.29, 0.717) is 16.7 Å². The molecule has 176 valence electrons. The molecule has 0 atom stereocenters. The van der Waals surface area contributed by atoms with Crippen molar-refractivity contribution in [3.63, 3.8) is 0 Å². The van der Waals surface area contributed by atoms with Crippen LogP contribution in [0, 0.1) is 17.5 Å². The third-order valence-electron chi connectivity index (χ3n) is 5.39. The molecule has 8 heteroatoms. The van der Waals surface area contributed by atoms with Crippen molar-refractivity contribution in [2.45, 2.75) is 26.5 Å². The number of nitrogens with two attached hydrogens (primary N) is 1. The van der Waals surface area contributed by atoms with Gasteiger partial charge < -0.3 is 19.6 Å². The van der Waals surface area contributed by atoms with Gasteiger partial charge in [-0.3, -0.25) is 4.79 Å². The normalized spacial score (nSPS) is 11.1. The predicted octanol–water partition coefficient (Wildman–Crippen LogP) is 5.66. The highest BCUT2D eigenvalue weighted by Gasteiger charge is 2.20. The highest BCUT2D eigenvalue weighted by molar-refractivity contribution is 5.94. The van der Waals surface area contributed by atoms with Crippen molar-refractivity contribution in [3.05, 3.63) is 88.9 Å². The molecule has 0 saturated heterocycles. The van der Waals surface area contributed by atoms with Gasteiger partial charge in [0.1, 0.15) is 35.4 Å². The van der Waals surface area contributed by atoms with Crippen LogP contribution in [0.5, 0.6) is 5.75 Å². The number of carbonyl (C=O) groups excluding carboxylic acids is 1. The van der Waals surface area contributed by atoms with Crippen LogP contribution in [0.2, 0.25) is 0 Å². The Morgan fingerprint density at radius 3 is 2.56 bits per heavy atom. The minimum absolute atomic E-state index is 0.000940. The third kappa shape index (κ3) is 4.63. The van der Waals surface area contributed by atoms with Gasteiger partial charge in [-0.15, -0.1) is 0 Å². The van der Waals surface area contributed by atoms with Crippen molar-refractivity contribution in [2.24, 2.45) is 5.73 Å². The molecule has 0 aliphatic rings. The highest BCUT2D eigenvalue weighted by atomic mass is 19.1. The van der Waals surface area contributed by atoms with Gasteiger partial charge in [-0.2, -0.15) is 0 Å². The van der Waals surface area contributed by atoms with Crippen LogP contribution in [0.15, 0.2) is 59.2 Å². The lowest BCUT2D eigenvalue weighted by Crippen LogP contribution is -2.09. The van der Waals surface area contributed by atoms with Crippen LogP contribution in [-0.2, 0) is 29.1 Å². The number of fused-ring (bicyclic) bond motifs is 1. The standard InChI is InChI=1S/C26H22F3NO4/c1-2-32-23(31)11-15-6-7-18(27)12-22(15)34-14-17-10-21(26-20(25(17)29)8-9-33-26)19-5-3-4-16(13-30)24(19)28/h3-10,12H,2,11,13-14,30H2,1H3. The molecule has 4 rings (SSSR count). The van der Waals surface area contributed by atoms with Crippen LogP contribution in [0.1, 0.15) is 23.6 Å². The topological polar surface area (TPSA) is 74.7 Å². The minimum Gasteiger partial charge on any atom is -0.488 e. The van der Waals surface area contributed by atoms with Gasteiger partial charge in [0, 0.05) is 40.4 Å². The predicted molar refractivity (Wildman–Crippen MR) is 121 cm³/mol. The van der Waals surface area contributed by atoms with E-state index in [1.54, 1.807) is 25.1 Å². The summed E-state index contributed by atoms with van der Waals surface area (Å²) >= 11 is 0. The number of carbonyl (C=O) groups is 1. The smallest absolute Gasteiger partial charge is 0.310 e. The van der Waals surface area contributed by atoms with Gasteiger partial charge in [-0.05, 0) is 25.1 Å². The lowest BCUT2D eigenvalue weighted by atomic mass is 9.97. The summed E-state index contributed by atoms with van der Waals surface area (Å²) in [4.78, 5) is 11.9. The maximum absolute atomic E-state index is 15.2. The first-order valence-electron chi connectivity index (χ1n) is 10.7. The third-order valence-corrected chi connectivity index (χ3v) is 5.39. The van der Waals surface area contributed by atoms with Crippen molar-refractivity contribution in [1.82, 2.24) is 0 Å². The Morgan fingerprint density at radius 2 is 1.79 bits per heavy atom. The zero-order valence-corrected chi connectivity index (χ0v) is 18.4. The summed E-state index contributed by atoms with van der Waals surface area (Å²) in [6, 6.07) is 11.4. The average Bonchev–Trinajstić information content (AvgIpc) is 3.31. The molecule has 0 aliphatic heterocycles. The first-order chi connectivity index (χ1) is 16.4. The highest BCUT2D eigenvalue weighted by Crippen LogP contribution is 2.36. The molecule has 3 aromatic carbocycles. The SMILES string of the molecule is CCOC(=O)Cc1ccc(F)cc1OCc1cc(-c2cccc(CN)c2F)c2occc2c1F. The molecule has 0 saturated carbocycles.